The van der Waals surface area contributed by atoms with Gasteiger partial charge >= 0.3 is 0 Å². The molecule has 4 rings (SSSR count). The molecule has 7 nitrogen and oxygen atoms in total. The van der Waals surface area contributed by atoms with Gasteiger partial charge in [-0.2, -0.15) is 0 Å². The summed E-state index contributed by atoms with van der Waals surface area (Å²) in [5, 5.41) is 13.1. The predicted octanol–water partition coefficient (Wildman–Crippen LogP) is 1.33. The lowest BCUT2D eigenvalue weighted by Gasteiger charge is -2.05. The Morgan fingerprint density at radius 3 is 2.95 bits per heavy atom. The molecule has 1 aromatic carbocycles. The van der Waals surface area contributed by atoms with Crippen LogP contribution in [-0.4, -0.2) is 32.6 Å². The Morgan fingerprint density at radius 2 is 2.18 bits per heavy atom. The molecule has 1 aliphatic heterocycles. The summed E-state index contributed by atoms with van der Waals surface area (Å²) >= 11 is 0. The van der Waals surface area contributed by atoms with Crippen molar-refractivity contribution in [3.8, 4) is 11.4 Å². The van der Waals surface area contributed by atoms with Crippen LogP contribution >= 0.6 is 0 Å². The Balaban J connectivity index is 2.15. The van der Waals surface area contributed by atoms with Crippen molar-refractivity contribution in [2.24, 2.45) is 5.16 Å². The van der Waals surface area contributed by atoms with E-state index in [1.54, 1.807) is 43.6 Å². The molecule has 0 saturated heterocycles. The van der Waals surface area contributed by atoms with Crippen molar-refractivity contribution in [1.82, 2.24) is 14.5 Å². The fourth-order valence-corrected chi connectivity index (χ4v) is 2.65. The fraction of sp³-hybridized carbons (Fsp3) is 0.0667. The Hall–Kier alpha value is -3.22. The van der Waals surface area contributed by atoms with Crippen LogP contribution in [0.3, 0.4) is 0 Å². The summed E-state index contributed by atoms with van der Waals surface area (Å²) in [6, 6.07) is 8.53. The van der Waals surface area contributed by atoms with Gasteiger partial charge in [-0.3, -0.25) is 9.36 Å². The Kier molecular flexibility index (Phi) is 2.50. The highest BCUT2D eigenvalue weighted by molar-refractivity contribution is 6.16. The minimum atomic E-state index is -0.252. The molecule has 0 fully saturated rings. The summed E-state index contributed by atoms with van der Waals surface area (Å²) in [6.07, 6.45) is 1.56. The van der Waals surface area contributed by atoms with Crippen LogP contribution in [0.4, 0.5) is 0 Å². The first-order valence-electron chi connectivity index (χ1n) is 6.53. The van der Waals surface area contributed by atoms with E-state index in [1.165, 1.54) is 4.57 Å². The lowest BCUT2D eigenvalue weighted by Crippen LogP contribution is -2.22. The normalized spacial score (nSPS) is 14.1. The summed E-state index contributed by atoms with van der Waals surface area (Å²) in [4.78, 5) is 21.2. The number of rotatable bonds is 1. The molecule has 0 atom stereocenters. The molecule has 0 saturated carbocycles. The number of aromatic nitrogens is 3. The number of nitrogens with zero attached hydrogens (tertiary/aromatic N) is 4. The van der Waals surface area contributed by atoms with E-state index in [0.717, 1.165) is 0 Å². The van der Waals surface area contributed by atoms with E-state index in [2.05, 4.69) is 15.1 Å². The lowest BCUT2D eigenvalue weighted by atomic mass is 10.1. The van der Waals surface area contributed by atoms with Crippen molar-refractivity contribution < 1.29 is 9.94 Å². The SMILES string of the molecule is COc1ccc2c(c1)C(=NO)c1nc3ncccc3c(=O)n1-2. The molecule has 7 heteroatoms. The number of benzene rings is 1. The molecule has 1 N–H and O–H groups in total. The third-order valence-electron chi connectivity index (χ3n) is 3.66. The van der Waals surface area contributed by atoms with Crippen LogP contribution in [0.1, 0.15) is 11.4 Å². The van der Waals surface area contributed by atoms with Gasteiger partial charge in [-0.15, -0.1) is 0 Å². The third-order valence-corrected chi connectivity index (χ3v) is 3.66. The van der Waals surface area contributed by atoms with E-state index >= 15 is 0 Å². The standard InChI is InChI=1S/C15H10N4O3/c1-22-8-4-5-11-10(7-8)12(18-21)14-17-13-9(3-2-6-16-13)15(20)19(11)14/h2-7,21H,1H3. The second kappa shape index (κ2) is 4.39. The van der Waals surface area contributed by atoms with Gasteiger partial charge in [0.15, 0.2) is 17.2 Å². The number of pyridine rings is 1. The topological polar surface area (TPSA) is 89.6 Å². The number of hydrogen-bond acceptors (Lipinski definition) is 6. The molecule has 2 aromatic heterocycles. The highest BCUT2D eigenvalue weighted by Crippen LogP contribution is 2.29. The zero-order valence-corrected chi connectivity index (χ0v) is 11.5. The fourth-order valence-electron chi connectivity index (χ4n) is 2.65. The minimum absolute atomic E-state index is 0.221. The number of hydrogen-bond donors (Lipinski definition) is 1. The zero-order chi connectivity index (χ0) is 15.3. The molecule has 0 bridgehead atoms. The summed E-state index contributed by atoms with van der Waals surface area (Å²) in [5.74, 6) is 0.866. The van der Waals surface area contributed by atoms with E-state index < -0.39 is 0 Å². The molecule has 3 heterocycles. The van der Waals surface area contributed by atoms with Crippen molar-refractivity contribution in [2.45, 2.75) is 0 Å². The number of fused-ring (bicyclic) bond motifs is 4. The summed E-state index contributed by atoms with van der Waals surface area (Å²) in [5.41, 5.74) is 1.48. The Morgan fingerprint density at radius 1 is 1.32 bits per heavy atom. The summed E-state index contributed by atoms with van der Waals surface area (Å²) in [6.45, 7) is 0. The van der Waals surface area contributed by atoms with E-state index in [-0.39, 0.29) is 17.1 Å². The highest BCUT2D eigenvalue weighted by Gasteiger charge is 2.29. The van der Waals surface area contributed by atoms with E-state index in [4.69, 9.17) is 4.74 Å². The maximum absolute atomic E-state index is 12.7. The molecule has 22 heavy (non-hydrogen) atoms. The Bertz CT molecular complexity index is 1010. The minimum Gasteiger partial charge on any atom is -0.497 e. The Labute approximate surface area is 124 Å². The second-order valence-electron chi connectivity index (χ2n) is 4.78. The van der Waals surface area contributed by atoms with Gasteiger partial charge in [0.05, 0.1) is 18.2 Å². The quantitative estimate of drug-likeness (QED) is 0.422. The summed E-state index contributed by atoms with van der Waals surface area (Å²) < 4.78 is 6.61. The van der Waals surface area contributed by atoms with Gasteiger partial charge < -0.3 is 9.94 Å². The first-order chi connectivity index (χ1) is 10.7. The number of oxime groups is 1. The maximum Gasteiger partial charge on any atom is 0.267 e. The molecule has 0 amide bonds. The van der Waals surface area contributed by atoms with Gasteiger partial charge in [0.25, 0.3) is 5.56 Å². The first kappa shape index (κ1) is 12.5. The number of methoxy groups -OCH3 is 1. The van der Waals surface area contributed by atoms with Crippen LogP contribution in [-0.2, 0) is 0 Å². The van der Waals surface area contributed by atoms with Crippen LogP contribution in [0.2, 0.25) is 0 Å². The van der Waals surface area contributed by atoms with Gasteiger partial charge in [0.2, 0.25) is 0 Å². The van der Waals surface area contributed by atoms with Crippen LogP contribution in [0.15, 0.2) is 46.5 Å². The molecule has 0 unspecified atom stereocenters. The predicted molar refractivity (Wildman–Crippen MR) is 79.1 cm³/mol. The van der Waals surface area contributed by atoms with E-state index in [9.17, 15) is 10.0 Å². The average Bonchev–Trinajstić information content (AvgIpc) is 2.87. The van der Waals surface area contributed by atoms with Gasteiger partial charge in [0.1, 0.15) is 5.75 Å². The van der Waals surface area contributed by atoms with Crippen LogP contribution in [0, 0.1) is 0 Å². The monoisotopic (exact) mass is 294 g/mol. The second-order valence-corrected chi connectivity index (χ2v) is 4.78. The first-order valence-corrected chi connectivity index (χ1v) is 6.53. The summed E-state index contributed by atoms with van der Waals surface area (Å²) in [7, 11) is 1.54. The largest absolute Gasteiger partial charge is 0.497 e. The molecule has 3 aromatic rings. The van der Waals surface area contributed by atoms with Gasteiger partial charge in [-0.05, 0) is 30.3 Å². The third kappa shape index (κ3) is 1.50. The zero-order valence-electron chi connectivity index (χ0n) is 11.5. The molecule has 0 aliphatic carbocycles. The van der Waals surface area contributed by atoms with Crippen molar-refractivity contribution in [1.29, 1.82) is 0 Å². The molecule has 1 aliphatic rings. The molecular formula is C15H10N4O3. The van der Waals surface area contributed by atoms with Gasteiger partial charge in [0, 0.05) is 11.8 Å². The van der Waals surface area contributed by atoms with E-state index in [1.807, 2.05) is 0 Å². The molecule has 0 radical (unpaired) electrons. The van der Waals surface area contributed by atoms with Crippen LogP contribution in [0.5, 0.6) is 5.75 Å². The lowest BCUT2D eigenvalue weighted by molar-refractivity contribution is 0.319. The maximum atomic E-state index is 12.7. The smallest absolute Gasteiger partial charge is 0.267 e. The van der Waals surface area contributed by atoms with Crippen LogP contribution < -0.4 is 10.3 Å². The van der Waals surface area contributed by atoms with E-state index in [0.29, 0.717) is 28.0 Å². The van der Waals surface area contributed by atoms with Crippen molar-refractivity contribution in [2.75, 3.05) is 7.11 Å². The van der Waals surface area contributed by atoms with Crippen molar-refractivity contribution in [3.05, 3.63) is 58.3 Å². The highest BCUT2D eigenvalue weighted by atomic mass is 16.5. The molecular weight excluding hydrogens is 284 g/mol. The number of ether oxygens (including phenoxy) is 1. The van der Waals surface area contributed by atoms with Crippen LogP contribution in [0.25, 0.3) is 16.7 Å². The van der Waals surface area contributed by atoms with Crippen molar-refractivity contribution >= 4 is 16.7 Å². The van der Waals surface area contributed by atoms with Gasteiger partial charge in [-0.1, -0.05) is 5.16 Å². The van der Waals surface area contributed by atoms with Crippen molar-refractivity contribution in [3.63, 3.8) is 0 Å². The molecule has 0 spiro atoms. The average molecular weight is 294 g/mol. The molecule has 108 valence electrons. The van der Waals surface area contributed by atoms with Gasteiger partial charge in [-0.25, -0.2) is 9.97 Å².